The summed E-state index contributed by atoms with van der Waals surface area (Å²) in [5.41, 5.74) is 2.42. The van der Waals surface area contributed by atoms with Gasteiger partial charge in [0.25, 0.3) is 0 Å². The van der Waals surface area contributed by atoms with Crippen LogP contribution in [0.25, 0.3) is 0 Å². The number of nitrogens with zero attached hydrogens (tertiary/aromatic N) is 5. The number of aryl methyl sites for hydroxylation is 2. The van der Waals surface area contributed by atoms with Crippen molar-refractivity contribution in [3.05, 3.63) is 17.5 Å². The summed E-state index contributed by atoms with van der Waals surface area (Å²) in [5, 5.41) is 4.48. The van der Waals surface area contributed by atoms with E-state index < -0.39 is 0 Å². The summed E-state index contributed by atoms with van der Waals surface area (Å²) >= 11 is 0. The summed E-state index contributed by atoms with van der Waals surface area (Å²) in [4.78, 5) is 20.0. The number of likely N-dealkylation sites (N-methyl/N-ethyl adjacent to an activating group) is 1. The van der Waals surface area contributed by atoms with Crippen LogP contribution in [0.1, 0.15) is 49.8 Å². The maximum atomic E-state index is 12.7. The number of piperidine rings is 1. The van der Waals surface area contributed by atoms with Crippen molar-refractivity contribution in [1.82, 2.24) is 24.5 Å². The Bertz CT molecular complexity index is 710. The van der Waals surface area contributed by atoms with Gasteiger partial charge in [-0.2, -0.15) is 5.10 Å². The number of aromatic nitrogens is 2. The second-order valence-electron chi connectivity index (χ2n) is 9.59. The van der Waals surface area contributed by atoms with Crippen LogP contribution in [0, 0.1) is 12.8 Å². The molecule has 1 unspecified atom stereocenters. The Morgan fingerprint density at radius 2 is 1.93 bits per heavy atom. The average Bonchev–Trinajstić information content (AvgIpc) is 3.54. The number of carbonyl (C=O) groups excluding carboxylic acids is 1. The molecule has 7 nitrogen and oxygen atoms in total. The number of hydrogen-bond acceptors (Lipinski definition) is 5. The van der Waals surface area contributed by atoms with Gasteiger partial charge in [0.1, 0.15) is 0 Å². The molecule has 1 aromatic rings. The van der Waals surface area contributed by atoms with Gasteiger partial charge >= 0.3 is 0 Å². The SMILES string of the molecule is Cc1nn(C)cc1CN(C)CCN(C1CCOCC1)C1CCCN(C(=O)C2CC2)C1. The fraction of sp³-hybridized carbons (Fsp3) is 0.826. The number of hydrogen-bond donors (Lipinski definition) is 0. The molecule has 1 aliphatic carbocycles. The van der Waals surface area contributed by atoms with Gasteiger partial charge in [0.15, 0.2) is 0 Å². The van der Waals surface area contributed by atoms with Gasteiger partial charge in [0.2, 0.25) is 5.91 Å². The third kappa shape index (κ3) is 5.42. The summed E-state index contributed by atoms with van der Waals surface area (Å²) in [6.45, 7) is 8.69. The second kappa shape index (κ2) is 9.79. The van der Waals surface area contributed by atoms with Crippen molar-refractivity contribution >= 4 is 5.91 Å². The highest BCUT2D eigenvalue weighted by atomic mass is 16.5. The number of rotatable bonds is 8. The maximum absolute atomic E-state index is 12.7. The van der Waals surface area contributed by atoms with Gasteiger partial charge in [-0.1, -0.05) is 0 Å². The molecular weight excluding hydrogens is 378 g/mol. The van der Waals surface area contributed by atoms with E-state index in [1.807, 2.05) is 11.7 Å². The Balaban J connectivity index is 1.37. The zero-order valence-corrected chi connectivity index (χ0v) is 19.1. The zero-order chi connectivity index (χ0) is 21.1. The van der Waals surface area contributed by atoms with Crippen LogP contribution in [0.5, 0.6) is 0 Å². The Labute approximate surface area is 181 Å². The molecule has 1 saturated carbocycles. The molecule has 0 radical (unpaired) electrons. The first-order valence-corrected chi connectivity index (χ1v) is 11.8. The van der Waals surface area contributed by atoms with Crippen molar-refractivity contribution in [3.63, 3.8) is 0 Å². The summed E-state index contributed by atoms with van der Waals surface area (Å²) in [6.07, 6.45) is 8.89. The zero-order valence-electron chi connectivity index (χ0n) is 19.1. The predicted molar refractivity (Wildman–Crippen MR) is 117 cm³/mol. The number of amides is 1. The largest absolute Gasteiger partial charge is 0.381 e. The molecule has 2 aliphatic heterocycles. The van der Waals surface area contributed by atoms with E-state index in [0.29, 0.717) is 23.9 Å². The second-order valence-corrected chi connectivity index (χ2v) is 9.59. The minimum absolute atomic E-state index is 0.328. The molecule has 0 spiro atoms. The van der Waals surface area contributed by atoms with E-state index in [1.165, 1.54) is 12.0 Å². The number of carbonyl (C=O) groups is 1. The van der Waals surface area contributed by atoms with Crippen molar-refractivity contribution in [2.45, 2.75) is 64.1 Å². The summed E-state index contributed by atoms with van der Waals surface area (Å²) < 4.78 is 7.55. The molecule has 0 aromatic carbocycles. The van der Waals surface area contributed by atoms with Crippen LogP contribution < -0.4 is 0 Å². The third-order valence-electron chi connectivity index (χ3n) is 7.06. The van der Waals surface area contributed by atoms with Gasteiger partial charge in [-0.3, -0.25) is 14.4 Å². The smallest absolute Gasteiger partial charge is 0.225 e. The molecule has 7 heteroatoms. The quantitative estimate of drug-likeness (QED) is 0.648. The number of ether oxygens (including phenoxy) is 1. The van der Waals surface area contributed by atoms with Gasteiger partial charge in [-0.25, -0.2) is 0 Å². The lowest BCUT2D eigenvalue weighted by molar-refractivity contribution is -0.135. The van der Waals surface area contributed by atoms with Crippen LogP contribution >= 0.6 is 0 Å². The normalized spacial score (nSPS) is 23.5. The van der Waals surface area contributed by atoms with Crippen molar-refractivity contribution in [2.75, 3.05) is 46.4 Å². The molecule has 3 fully saturated rings. The monoisotopic (exact) mass is 417 g/mol. The average molecular weight is 418 g/mol. The van der Waals surface area contributed by atoms with E-state index >= 15 is 0 Å². The van der Waals surface area contributed by atoms with E-state index in [1.54, 1.807) is 0 Å². The van der Waals surface area contributed by atoms with E-state index in [9.17, 15) is 4.79 Å². The fourth-order valence-electron chi connectivity index (χ4n) is 5.15. The predicted octanol–water partition coefficient (Wildman–Crippen LogP) is 2.04. The van der Waals surface area contributed by atoms with Gasteiger partial charge in [-0.15, -0.1) is 0 Å². The molecule has 168 valence electrons. The van der Waals surface area contributed by atoms with Crippen LogP contribution in [-0.4, -0.2) is 88.9 Å². The molecule has 0 N–H and O–H groups in total. The Morgan fingerprint density at radius 3 is 2.60 bits per heavy atom. The van der Waals surface area contributed by atoms with Crippen LogP contribution in [0.3, 0.4) is 0 Å². The highest BCUT2D eigenvalue weighted by molar-refractivity contribution is 5.81. The molecule has 2 saturated heterocycles. The lowest BCUT2D eigenvalue weighted by Crippen LogP contribution is -2.55. The maximum Gasteiger partial charge on any atom is 0.225 e. The molecule has 1 aromatic heterocycles. The highest BCUT2D eigenvalue weighted by Gasteiger charge is 2.37. The standard InChI is InChI=1S/C23H39N5O2/c1-18-20(16-26(3)24-18)15-25(2)11-12-28(21-8-13-30-14-9-21)22-5-4-10-27(17-22)23(29)19-6-7-19/h16,19,21-22H,4-15,17H2,1-3H3. The minimum atomic E-state index is 0.328. The van der Waals surface area contributed by atoms with Crippen molar-refractivity contribution in [3.8, 4) is 0 Å². The summed E-state index contributed by atoms with van der Waals surface area (Å²) in [5.74, 6) is 0.741. The molecule has 30 heavy (non-hydrogen) atoms. The van der Waals surface area contributed by atoms with E-state index in [-0.39, 0.29) is 0 Å². The first-order valence-electron chi connectivity index (χ1n) is 11.8. The lowest BCUT2D eigenvalue weighted by Gasteiger charge is -2.44. The molecule has 3 heterocycles. The Kier molecular flexibility index (Phi) is 7.11. The molecule has 1 atom stereocenters. The fourth-order valence-corrected chi connectivity index (χ4v) is 5.15. The van der Waals surface area contributed by atoms with Gasteiger partial charge < -0.3 is 14.5 Å². The van der Waals surface area contributed by atoms with E-state index in [0.717, 1.165) is 83.7 Å². The number of likely N-dealkylation sites (tertiary alicyclic amines) is 1. The first-order chi connectivity index (χ1) is 14.5. The molecule has 4 rings (SSSR count). The minimum Gasteiger partial charge on any atom is -0.381 e. The van der Waals surface area contributed by atoms with Gasteiger partial charge in [0.05, 0.1) is 5.69 Å². The van der Waals surface area contributed by atoms with Crippen molar-refractivity contribution in [2.24, 2.45) is 13.0 Å². The van der Waals surface area contributed by atoms with E-state index in [2.05, 4.69) is 40.0 Å². The van der Waals surface area contributed by atoms with Crippen molar-refractivity contribution in [1.29, 1.82) is 0 Å². The molecular formula is C23H39N5O2. The topological polar surface area (TPSA) is 53.8 Å². The van der Waals surface area contributed by atoms with Gasteiger partial charge in [0, 0.05) is 82.7 Å². The Morgan fingerprint density at radius 1 is 1.17 bits per heavy atom. The molecule has 3 aliphatic rings. The first kappa shape index (κ1) is 21.8. The van der Waals surface area contributed by atoms with Crippen molar-refractivity contribution < 1.29 is 9.53 Å². The Hall–Kier alpha value is -1.44. The third-order valence-corrected chi connectivity index (χ3v) is 7.06. The highest BCUT2D eigenvalue weighted by Crippen LogP contribution is 2.33. The molecule has 1 amide bonds. The summed E-state index contributed by atoms with van der Waals surface area (Å²) in [7, 11) is 4.19. The lowest BCUT2D eigenvalue weighted by atomic mass is 9.98. The van der Waals surface area contributed by atoms with Crippen LogP contribution in [0.4, 0.5) is 0 Å². The van der Waals surface area contributed by atoms with E-state index in [4.69, 9.17) is 4.74 Å². The van der Waals surface area contributed by atoms with Crippen LogP contribution in [0.15, 0.2) is 6.20 Å². The molecule has 0 bridgehead atoms. The van der Waals surface area contributed by atoms with Gasteiger partial charge in [-0.05, 0) is 52.5 Å². The van der Waals surface area contributed by atoms with Crippen LogP contribution in [0.2, 0.25) is 0 Å². The van der Waals surface area contributed by atoms with Crippen LogP contribution in [-0.2, 0) is 23.1 Å². The summed E-state index contributed by atoms with van der Waals surface area (Å²) in [6, 6.07) is 1.06.